The van der Waals surface area contributed by atoms with Gasteiger partial charge in [0.1, 0.15) is 0 Å². The molecule has 2 atom stereocenters. The van der Waals surface area contributed by atoms with Crippen molar-refractivity contribution >= 4 is 40.5 Å². The molecule has 1 aliphatic heterocycles. The molecule has 6 nitrogen and oxygen atoms in total. The lowest BCUT2D eigenvalue weighted by Gasteiger charge is -2.28. The van der Waals surface area contributed by atoms with Gasteiger partial charge < -0.3 is 20.1 Å². The van der Waals surface area contributed by atoms with Crippen molar-refractivity contribution in [2.24, 2.45) is 0 Å². The SMILES string of the molecule is Cc1cc([C@@H]2[C@H](c3ccccn3)NC(=S)N2CCC(=O)Nc2ccccc2)c(C)n1-c1ccc(Cl)cc1. The normalized spacial score (nSPS) is 17.1. The lowest BCUT2D eigenvalue weighted by molar-refractivity contribution is -0.116. The fraction of sp³-hybridized carbons (Fsp3) is 0.207. The number of thiocarbonyl (C=S) groups is 1. The second-order valence-corrected chi connectivity index (χ2v) is 9.95. The maximum atomic E-state index is 12.8. The second kappa shape index (κ2) is 10.7. The van der Waals surface area contributed by atoms with E-state index in [1.807, 2.05) is 72.8 Å². The molecule has 0 unspecified atom stereocenters. The van der Waals surface area contributed by atoms with E-state index in [1.165, 1.54) is 0 Å². The monoisotopic (exact) mass is 529 g/mol. The van der Waals surface area contributed by atoms with Crippen molar-refractivity contribution in [1.82, 2.24) is 19.8 Å². The number of halogens is 1. The number of nitrogens with one attached hydrogen (secondary N) is 2. The van der Waals surface area contributed by atoms with Crippen LogP contribution in [-0.4, -0.2) is 32.0 Å². The van der Waals surface area contributed by atoms with Gasteiger partial charge in [-0.1, -0.05) is 35.9 Å². The number of rotatable bonds is 7. The number of carbonyl (C=O) groups excluding carboxylic acids is 1. The van der Waals surface area contributed by atoms with Crippen molar-refractivity contribution in [1.29, 1.82) is 0 Å². The number of hydrogen-bond donors (Lipinski definition) is 2. The van der Waals surface area contributed by atoms with Crippen molar-refractivity contribution in [3.63, 3.8) is 0 Å². The van der Waals surface area contributed by atoms with E-state index in [-0.39, 0.29) is 18.0 Å². The zero-order valence-electron chi connectivity index (χ0n) is 20.7. The Kier molecular flexibility index (Phi) is 7.26. The molecule has 2 aromatic heterocycles. The number of nitrogens with zero attached hydrogens (tertiary/aromatic N) is 3. The molecule has 1 aliphatic rings. The highest BCUT2D eigenvalue weighted by molar-refractivity contribution is 7.80. The van der Waals surface area contributed by atoms with E-state index in [2.05, 4.69) is 45.0 Å². The van der Waals surface area contributed by atoms with Gasteiger partial charge >= 0.3 is 0 Å². The summed E-state index contributed by atoms with van der Waals surface area (Å²) in [5, 5.41) is 7.77. The fourth-order valence-corrected chi connectivity index (χ4v) is 5.48. The van der Waals surface area contributed by atoms with Crippen LogP contribution in [-0.2, 0) is 4.79 Å². The van der Waals surface area contributed by atoms with Gasteiger partial charge in [-0.05, 0) is 86.2 Å². The van der Waals surface area contributed by atoms with Crippen molar-refractivity contribution < 1.29 is 4.79 Å². The summed E-state index contributed by atoms with van der Waals surface area (Å²) < 4.78 is 2.23. The zero-order chi connectivity index (χ0) is 25.9. The van der Waals surface area contributed by atoms with E-state index < -0.39 is 0 Å². The number of aromatic nitrogens is 2. The van der Waals surface area contributed by atoms with Gasteiger partial charge in [-0.2, -0.15) is 0 Å². The van der Waals surface area contributed by atoms with Gasteiger partial charge in [0.25, 0.3) is 0 Å². The number of pyridine rings is 1. The fourth-order valence-electron chi connectivity index (χ4n) is 5.03. The minimum Gasteiger partial charge on any atom is -0.352 e. The average Bonchev–Trinajstić information content (AvgIpc) is 3.39. The third kappa shape index (κ3) is 5.24. The Morgan fingerprint density at radius 2 is 1.78 bits per heavy atom. The number of anilines is 1. The molecule has 2 N–H and O–H groups in total. The van der Waals surface area contributed by atoms with E-state index in [0.717, 1.165) is 34.0 Å². The molecule has 0 bridgehead atoms. The molecule has 0 saturated carbocycles. The lowest BCUT2D eigenvalue weighted by Crippen LogP contribution is -2.32. The molecule has 1 fully saturated rings. The molecule has 0 radical (unpaired) electrons. The molecule has 188 valence electrons. The number of benzene rings is 2. The van der Waals surface area contributed by atoms with Gasteiger partial charge in [-0.25, -0.2) is 0 Å². The molecule has 4 aromatic rings. The standard InChI is InChI=1S/C29H28ClN5OS/c1-19-18-24(20(2)35(19)23-13-11-21(30)12-14-23)28-27(25-10-6-7-16-31-25)33-29(37)34(28)17-15-26(36)32-22-8-4-3-5-9-22/h3-14,16,18,27-28H,15,17H2,1-2H3,(H,32,36)(H,33,37)/t27-,28+/m0/s1. The smallest absolute Gasteiger partial charge is 0.226 e. The molecular weight excluding hydrogens is 502 g/mol. The number of para-hydroxylation sites is 1. The minimum atomic E-state index is -0.148. The maximum absolute atomic E-state index is 12.8. The molecule has 5 rings (SSSR count). The van der Waals surface area contributed by atoms with Crippen molar-refractivity contribution in [3.05, 3.63) is 113 Å². The van der Waals surface area contributed by atoms with Crippen LogP contribution in [0.3, 0.4) is 0 Å². The molecule has 3 heterocycles. The van der Waals surface area contributed by atoms with Gasteiger partial charge in [0, 0.05) is 46.9 Å². The summed E-state index contributed by atoms with van der Waals surface area (Å²) >= 11 is 11.9. The van der Waals surface area contributed by atoms with Crippen LogP contribution < -0.4 is 10.6 Å². The number of hydrogen-bond acceptors (Lipinski definition) is 3. The first-order valence-electron chi connectivity index (χ1n) is 12.2. The largest absolute Gasteiger partial charge is 0.352 e. The Bertz CT molecular complexity index is 1410. The quantitative estimate of drug-likeness (QED) is 0.281. The summed E-state index contributed by atoms with van der Waals surface area (Å²) in [4.78, 5) is 19.5. The molecule has 1 saturated heterocycles. The molecule has 37 heavy (non-hydrogen) atoms. The zero-order valence-corrected chi connectivity index (χ0v) is 22.3. The van der Waals surface area contributed by atoms with E-state index in [1.54, 1.807) is 6.20 Å². The van der Waals surface area contributed by atoms with Crippen LogP contribution in [0.25, 0.3) is 5.69 Å². The summed E-state index contributed by atoms with van der Waals surface area (Å²) in [6.45, 7) is 4.69. The average molecular weight is 530 g/mol. The van der Waals surface area contributed by atoms with Crippen molar-refractivity contribution in [2.45, 2.75) is 32.4 Å². The summed E-state index contributed by atoms with van der Waals surface area (Å²) in [7, 11) is 0. The van der Waals surface area contributed by atoms with Gasteiger partial charge in [0.2, 0.25) is 5.91 Å². The van der Waals surface area contributed by atoms with Gasteiger partial charge in [-0.3, -0.25) is 9.78 Å². The summed E-state index contributed by atoms with van der Waals surface area (Å²) in [5.41, 5.74) is 6.08. The first-order chi connectivity index (χ1) is 17.9. The van der Waals surface area contributed by atoms with Crippen LogP contribution in [0.4, 0.5) is 5.69 Å². The summed E-state index contributed by atoms with van der Waals surface area (Å²) in [6.07, 6.45) is 2.10. The lowest BCUT2D eigenvalue weighted by atomic mass is 9.96. The Balaban J connectivity index is 1.47. The maximum Gasteiger partial charge on any atom is 0.226 e. The first kappa shape index (κ1) is 25.0. The van der Waals surface area contributed by atoms with Crippen LogP contribution >= 0.6 is 23.8 Å². The summed E-state index contributed by atoms with van der Waals surface area (Å²) in [5.74, 6) is -0.0549. The Morgan fingerprint density at radius 1 is 1.05 bits per heavy atom. The predicted octanol–water partition coefficient (Wildman–Crippen LogP) is 6.14. The highest BCUT2D eigenvalue weighted by Crippen LogP contribution is 2.41. The van der Waals surface area contributed by atoms with E-state index in [0.29, 0.717) is 23.1 Å². The van der Waals surface area contributed by atoms with E-state index >= 15 is 0 Å². The van der Waals surface area contributed by atoms with Crippen molar-refractivity contribution in [2.75, 3.05) is 11.9 Å². The Labute approximate surface area is 227 Å². The van der Waals surface area contributed by atoms with Crippen molar-refractivity contribution in [3.8, 4) is 5.69 Å². The van der Waals surface area contributed by atoms with Gasteiger partial charge in [-0.15, -0.1) is 0 Å². The molecule has 1 amide bonds. The Hall–Kier alpha value is -3.68. The molecule has 0 spiro atoms. The first-order valence-corrected chi connectivity index (χ1v) is 13.0. The van der Waals surface area contributed by atoms with Gasteiger partial charge in [0.15, 0.2) is 5.11 Å². The van der Waals surface area contributed by atoms with Crippen LogP contribution in [0.1, 0.15) is 41.1 Å². The third-order valence-corrected chi connectivity index (χ3v) is 7.31. The number of aryl methyl sites for hydroxylation is 1. The number of carbonyl (C=O) groups is 1. The number of amides is 1. The van der Waals surface area contributed by atoms with Crippen LogP contribution in [0.5, 0.6) is 0 Å². The van der Waals surface area contributed by atoms with Gasteiger partial charge in [0.05, 0.1) is 17.8 Å². The van der Waals surface area contributed by atoms with Crippen LogP contribution in [0.2, 0.25) is 5.02 Å². The van der Waals surface area contributed by atoms with Crippen LogP contribution in [0, 0.1) is 13.8 Å². The minimum absolute atomic E-state index is 0.0549. The highest BCUT2D eigenvalue weighted by atomic mass is 35.5. The highest BCUT2D eigenvalue weighted by Gasteiger charge is 2.41. The summed E-state index contributed by atoms with van der Waals surface area (Å²) in [6, 6.07) is 25.2. The Morgan fingerprint density at radius 3 is 2.49 bits per heavy atom. The van der Waals surface area contributed by atoms with E-state index in [9.17, 15) is 4.79 Å². The molecule has 8 heteroatoms. The third-order valence-electron chi connectivity index (χ3n) is 6.71. The second-order valence-electron chi connectivity index (χ2n) is 9.12. The molecule has 0 aliphatic carbocycles. The molecular formula is C29H28ClN5OS. The van der Waals surface area contributed by atoms with Crippen LogP contribution in [0.15, 0.2) is 85.1 Å². The predicted molar refractivity (Wildman–Crippen MR) is 152 cm³/mol. The molecule has 2 aromatic carbocycles. The van der Waals surface area contributed by atoms with E-state index in [4.69, 9.17) is 23.8 Å². The topological polar surface area (TPSA) is 62.2 Å².